The maximum absolute atomic E-state index is 14.8. The molecule has 1 N–H and O–H groups in total. The average Bonchev–Trinajstić information content (AvgIpc) is 3.37. The zero-order chi connectivity index (χ0) is 25.1. The summed E-state index contributed by atoms with van der Waals surface area (Å²) in [7, 11) is -1.27. The Labute approximate surface area is 211 Å². The molecule has 2 aliphatic heterocycles. The van der Waals surface area contributed by atoms with E-state index in [0.29, 0.717) is 31.7 Å². The Hall–Kier alpha value is -2.75. The van der Waals surface area contributed by atoms with Gasteiger partial charge in [0.15, 0.2) is 17.4 Å². The lowest BCUT2D eigenvalue weighted by molar-refractivity contribution is -0.141. The molecule has 1 fully saturated rings. The van der Waals surface area contributed by atoms with Gasteiger partial charge in [-0.3, -0.25) is 4.90 Å². The van der Waals surface area contributed by atoms with Crippen LogP contribution in [0.5, 0.6) is 5.75 Å². The summed E-state index contributed by atoms with van der Waals surface area (Å²) < 4.78 is 38.0. The second-order valence-corrected chi connectivity index (χ2v) is 9.76. The molecule has 0 amide bonds. The fourth-order valence-corrected chi connectivity index (χ4v) is 4.83. The highest BCUT2D eigenvalue weighted by atomic mass is 19.1. The van der Waals surface area contributed by atoms with Crippen molar-refractivity contribution in [1.82, 2.24) is 4.90 Å². The van der Waals surface area contributed by atoms with Gasteiger partial charge in [0.2, 0.25) is 0 Å². The largest absolute Gasteiger partial charge is 0.495 e. The van der Waals surface area contributed by atoms with Gasteiger partial charge in [-0.15, -0.1) is 0 Å². The first-order valence-corrected chi connectivity index (χ1v) is 12.3. The van der Waals surface area contributed by atoms with Gasteiger partial charge in [-0.05, 0) is 36.6 Å². The van der Waals surface area contributed by atoms with Crippen LogP contribution < -0.4 is 10.2 Å². The van der Waals surface area contributed by atoms with E-state index in [1.165, 1.54) is 17.2 Å². The molecule has 6 nitrogen and oxygen atoms in total. The van der Waals surface area contributed by atoms with E-state index in [4.69, 9.17) is 18.9 Å². The predicted molar refractivity (Wildman–Crippen MR) is 135 cm³/mol. The molecule has 2 aliphatic rings. The first-order chi connectivity index (χ1) is 17.4. The number of hydrogen-bond donors (Lipinski definition) is 1. The van der Waals surface area contributed by atoms with Gasteiger partial charge in [0.25, 0.3) is 0 Å². The Morgan fingerprint density at radius 1 is 1.00 bits per heavy atom. The summed E-state index contributed by atoms with van der Waals surface area (Å²) in [5, 5.41) is 10.8. The first-order valence-electron chi connectivity index (χ1n) is 12.3. The second-order valence-electron chi connectivity index (χ2n) is 9.76. The molecule has 0 aliphatic carbocycles. The van der Waals surface area contributed by atoms with Gasteiger partial charge in [-0.25, -0.2) is 4.39 Å². The van der Waals surface area contributed by atoms with Crippen molar-refractivity contribution in [2.24, 2.45) is 0 Å². The van der Waals surface area contributed by atoms with Gasteiger partial charge in [0.05, 0.1) is 12.7 Å². The number of ether oxygens (including phenoxy) is 3. The van der Waals surface area contributed by atoms with Crippen LogP contribution in [0, 0.1) is 5.82 Å². The van der Waals surface area contributed by atoms with Crippen molar-refractivity contribution >= 4 is 12.6 Å². The Balaban J connectivity index is 1.35. The summed E-state index contributed by atoms with van der Waals surface area (Å²) >= 11 is 0. The molecule has 0 radical (unpaired) electrons. The van der Waals surface area contributed by atoms with E-state index in [1.54, 1.807) is 6.07 Å². The summed E-state index contributed by atoms with van der Waals surface area (Å²) in [5.74, 6) is -1.23. The summed E-state index contributed by atoms with van der Waals surface area (Å²) in [4.78, 5) is 2.27. The van der Waals surface area contributed by atoms with Crippen molar-refractivity contribution in [2.45, 2.75) is 44.9 Å². The number of halogens is 1. The van der Waals surface area contributed by atoms with Crippen molar-refractivity contribution in [2.75, 3.05) is 19.8 Å². The smallest absolute Gasteiger partial charge is 0.488 e. The lowest BCUT2D eigenvalue weighted by Gasteiger charge is -2.26. The van der Waals surface area contributed by atoms with Crippen LogP contribution in [-0.4, -0.2) is 48.7 Å². The maximum atomic E-state index is 14.8. The molecule has 2 heterocycles. The van der Waals surface area contributed by atoms with Gasteiger partial charge in [-0.1, -0.05) is 66.7 Å². The monoisotopic (exact) mass is 491 g/mol. The lowest BCUT2D eigenvalue weighted by atomic mass is 9.78. The van der Waals surface area contributed by atoms with Gasteiger partial charge in [0, 0.05) is 25.1 Å². The molecule has 3 aromatic carbocycles. The molecule has 0 spiro atoms. The minimum absolute atomic E-state index is 0.00785. The van der Waals surface area contributed by atoms with Crippen LogP contribution in [0.3, 0.4) is 0 Å². The van der Waals surface area contributed by atoms with Crippen LogP contribution in [-0.2, 0) is 27.2 Å². The Morgan fingerprint density at radius 2 is 1.64 bits per heavy atom. The maximum Gasteiger partial charge on any atom is 0.495 e. The molecule has 2 atom stereocenters. The van der Waals surface area contributed by atoms with E-state index in [0.717, 1.165) is 5.56 Å². The van der Waals surface area contributed by atoms with Crippen molar-refractivity contribution in [3.8, 4) is 5.75 Å². The number of nitrogens with zero attached hydrogens (tertiary/aromatic N) is 1. The van der Waals surface area contributed by atoms with E-state index < -0.39 is 24.8 Å². The molecule has 0 bridgehead atoms. The predicted octanol–water partition coefficient (Wildman–Crippen LogP) is 3.82. The van der Waals surface area contributed by atoms with Gasteiger partial charge in [0.1, 0.15) is 12.7 Å². The van der Waals surface area contributed by atoms with Gasteiger partial charge in [-0.2, -0.15) is 0 Å². The van der Waals surface area contributed by atoms with Crippen LogP contribution in [0.25, 0.3) is 0 Å². The van der Waals surface area contributed by atoms with E-state index in [2.05, 4.69) is 29.2 Å². The molecule has 0 aromatic heterocycles. The fraction of sp³-hybridized carbons (Fsp3) is 0.357. The number of rotatable bonds is 9. The van der Waals surface area contributed by atoms with Crippen LogP contribution in [0.15, 0.2) is 72.8 Å². The minimum Gasteiger partial charge on any atom is -0.488 e. The zero-order valence-electron chi connectivity index (χ0n) is 20.6. The summed E-state index contributed by atoms with van der Waals surface area (Å²) in [5.41, 5.74) is 3.43. The molecule has 36 heavy (non-hydrogen) atoms. The average molecular weight is 491 g/mol. The molecule has 3 aromatic rings. The highest BCUT2D eigenvalue weighted by Crippen LogP contribution is 2.32. The normalized spacial score (nSPS) is 20.6. The first kappa shape index (κ1) is 24.9. The molecule has 1 saturated heterocycles. The topological polar surface area (TPSA) is 60.4 Å². The second kappa shape index (κ2) is 10.7. The lowest BCUT2D eigenvalue weighted by Crippen LogP contribution is -2.32. The SMILES string of the molecule is CC1(C)OC[C@H](COc2c(F)ccc3c2B(O)O[C@@H]3CN(Cc2ccccc2)Cc2ccccc2)O1. The zero-order valence-corrected chi connectivity index (χ0v) is 20.6. The standard InChI is InChI=1S/C28H31BFNO5/c1-28(2)34-19-22(35-28)18-33-27-24(30)14-13-23-25(36-29(32)26(23)27)17-31(15-20-9-5-3-6-10-20)16-21-11-7-4-8-12-21/h3-14,22,25,32H,15-19H2,1-2H3/t22-,25+/m0/s1. The van der Waals surface area contributed by atoms with Crippen LogP contribution in [0.4, 0.5) is 4.39 Å². The van der Waals surface area contributed by atoms with Crippen molar-refractivity contribution in [1.29, 1.82) is 0 Å². The van der Waals surface area contributed by atoms with E-state index >= 15 is 0 Å². The van der Waals surface area contributed by atoms with E-state index in [-0.39, 0.29) is 18.5 Å². The molecule has 0 unspecified atom stereocenters. The molecule has 5 rings (SSSR count). The van der Waals surface area contributed by atoms with Gasteiger partial charge >= 0.3 is 7.12 Å². The Kier molecular flexibility index (Phi) is 7.41. The van der Waals surface area contributed by atoms with E-state index in [1.807, 2.05) is 50.2 Å². The highest BCUT2D eigenvalue weighted by molar-refractivity contribution is 6.62. The van der Waals surface area contributed by atoms with Crippen molar-refractivity contribution in [3.63, 3.8) is 0 Å². The molecular formula is C28H31BFNO5. The Morgan fingerprint density at radius 3 is 2.22 bits per heavy atom. The summed E-state index contributed by atoms with van der Waals surface area (Å²) in [6, 6.07) is 23.5. The summed E-state index contributed by atoms with van der Waals surface area (Å²) in [6.07, 6.45) is -0.756. The highest BCUT2D eigenvalue weighted by Gasteiger charge is 2.41. The third-order valence-corrected chi connectivity index (χ3v) is 6.47. The van der Waals surface area contributed by atoms with Crippen molar-refractivity contribution in [3.05, 3.63) is 95.3 Å². The quantitative estimate of drug-likeness (QED) is 0.460. The number of fused-ring (bicyclic) bond motifs is 1. The molecule has 188 valence electrons. The minimum atomic E-state index is -1.27. The fourth-order valence-electron chi connectivity index (χ4n) is 4.83. The van der Waals surface area contributed by atoms with E-state index in [9.17, 15) is 9.41 Å². The van der Waals surface area contributed by atoms with Crippen LogP contribution in [0.1, 0.15) is 36.6 Å². The molecular weight excluding hydrogens is 460 g/mol. The van der Waals surface area contributed by atoms with Crippen LogP contribution >= 0.6 is 0 Å². The third kappa shape index (κ3) is 5.80. The molecule has 0 saturated carbocycles. The van der Waals surface area contributed by atoms with Crippen LogP contribution in [0.2, 0.25) is 0 Å². The summed E-state index contributed by atoms with van der Waals surface area (Å²) in [6.45, 7) is 6.06. The Bertz CT molecular complexity index is 1120. The number of hydrogen-bond acceptors (Lipinski definition) is 6. The molecule has 8 heteroatoms. The van der Waals surface area contributed by atoms with Crippen molar-refractivity contribution < 1.29 is 28.3 Å². The number of benzene rings is 3. The van der Waals surface area contributed by atoms with Gasteiger partial charge < -0.3 is 23.9 Å². The third-order valence-electron chi connectivity index (χ3n) is 6.47.